The second-order valence-electron chi connectivity index (χ2n) is 5.24. The van der Waals surface area contributed by atoms with Crippen LogP contribution in [-0.4, -0.2) is 17.8 Å². The molecule has 0 aliphatic heterocycles. The number of hydrogen-bond donors (Lipinski definition) is 1. The predicted molar refractivity (Wildman–Crippen MR) is 76.0 cm³/mol. The van der Waals surface area contributed by atoms with Gasteiger partial charge >= 0.3 is 0 Å². The Morgan fingerprint density at radius 3 is 2.33 bits per heavy atom. The van der Waals surface area contributed by atoms with Gasteiger partial charge in [0, 0.05) is 0 Å². The second-order valence-corrected chi connectivity index (χ2v) is 5.24. The summed E-state index contributed by atoms with van der Waals surface area (Å²) in [4.78, 5) is 0. The van der Waals surface area contributed by atoms with Crippen molar-refractivity contribution in [3.8, 4) is 5.75 Å². The Morgan fingerprint density at radius 2 is 1.78 bits per heavy atom. The van der Waals surface area contributed by atoms with Crippen LogP contribution >= 0.6 is 0 Å². The van der Waals surface area contributed by atoms with Crippen LogP contribution in [-0.2, 0) is 6.42 Å². The molecule has 0 radical (unpaired) electrons. The van der Waals surface area contributed by atoms with E-state index >= 15 is 0 Å². The Labute approximate surface area is 111 Å². The van der Waals surface area contributed by atoms with Crippen molar-refractivity contribution in [1.82, 2.24) is 0 Å². The molecule has 18 heavy (non-hydrogen) atoms. The molecule has 1 N–H and O–H groups in total. The first kappa shape index (κ1) is 15.0. The quantitative estimate of drug-likeness (QED) is 0.760. The van der Waals surface area contributed by atoms with E-state index in [0.717, 1.165) is 25.2 Å². The molecule has 0 saturated carbocycles. The number of aryl methyl sites for hydroxylation is 1. The van der Waals surface area contributed by atoms with Crippen LogP contribution in [0.15, 0.2) is 24.3 Å². The lowest BCUT2D eigenvalue weighted by Crippen LogP contribution is -2.08. The van der Waals surface area contributed by atoms with Crippen molar-refractivity contribution >= 4 is 0 Å². The standard InChI is InChI=1S/C16H26O2/c1-4-5-13(2)12-18-16-10-8-15(9-11-16)7-6-14(3)17/h8-11,13-14,17H,4-7,12H2,1-3H3. The minimum atomic E-state index is -0.226. The molecule has 2 atom stereocenters. The smallest absolute Gasteiger partial charge is 0.119 e. The topological polar surface area (TPSA) is 29.5 Å². The molecule has 0 fully saturated rings. The van der Waals surface area contributed by atoms with Crippen LogP contribution in [0.4, 0.5) is 0 Å². The maximum absolute atomic E-state index is 9.24. The number of aliphatic hydroxyl groups is 1. The molecule has 0 amide bonds. The maximum atomic E-state index is 9.24. The van der Waals surface area contributed by atoms with Crippen LogP contribution < -0.4 is 4.74 Å². The lowest BCUT2D eigenvalue weighted by atomic mass is 10.1. The fourth-order valence-corrected chi connectivity index (χ4v) is 1.94. The number of ether oxygens (including phenoxy) is 1. The molecule has 2 unspecified atom stereocenters. The summed E-state index contributed by atoms with van der Waals surface area (Å²) in [7, 11) is 0. The molecule has 0 aliphatic carbocycles. The van der Waals surface area contributed by atoms with Crippen LogP contribution in [0.1, 0.15) is 45.6 Å². The van der Waals surface area contributed by atoms with Crippen molar-refractivity contribution in [2.45, 2.75) is 52.6 Å². The molecule has 2 nitrogen and oxygen atoms in total. The maximum Gasteiger partial charge on any atom is 0.119 e. The van der Waals surface area contributed by atoms with Crippen molar-refractivity contribution in [2.75, 3.05) is 6.61 Å². The van der Waals surface area contributed by atoms with Gasteiger partial charge in [0.1, 0.15) is 5.75 Å². The van der Waals surface area contributed by atoms with E-state index in [1.165, 1.54) is 18.4 Å². The van der Waals surface area contributed by atoms with Crippen molar-refractivity contribution < 1.29 is 9.84 Å². The summed E-state index contributed by atoms with van der Waals surface area (Å²) >= 11 is 0. The molecule has 102 valence electrons. The molecule has 0 aromatic heterocycles. The molecule has 2 heteroatoms. The highest BCUT2D eigenvalue weighted by Crippen LogP contribution is 2.16. The minimum Gasteiger partial charge on any atom is -0.493 e. The van der Waals surface area contributed by atoms with Gasteiger partial charge in [-0.05, 0) is 49.8 Å². The third-order valence-electron chi connectivity index (χ3n) is 3.09. The summed E-state index contributed by atoms with van der Waals surface area (Å²) in [5.74, 6) is 1.56. The Morgan fingerprint density at radius 1 is 1.11 bits per heavy atom. The van der Waals surface area contributed by atoms with Gasteiger partial charge in [0.25, 0.3) is 0 Å². The lowest BCUT2D eigenvalue weighted by molar-refractivity contribution is 0.185. The predicted octanol–water partition coefficient (Wildman–Crippen LogP) is 3.82. The highest BCUT2D eigenvalue weighted by Gasteiger charge is 2.02. The van der Waals surface area contributed by atoms with Gasteiger partial charge in [-0.15, -0.1) is 0 Å². The SMILES string of the molecule is CCCC(C)COc1ccc(CCC(C)O)cc1. The number of benzene rings is 1. The van der Waals surface area contributed by atoms with E-state index in [0.29, 0.717) is 5.92 Å². The number of hydrogen-bond acceptors (Lipinski definition) is 2. The summed E-state index contributed by atoms with van der Waals surface area (Å²) < 4.78 is 5.75. The first-order chi connectivity index (χ1) is 8.61. The molecule has 0 heterocycles. The molecule has 0 bridgehead atoms. The van der Waals surface area contributed by atoms with E-state index in [9.17, 15) is 5.11 Å². The average molecular weight is 250 g/mol. The molecule has 0 aliphatic rings. The van der Waals surface area contributed by atoms with E-state index in [-0.39, 0.29) is 6.10 Å². The summed E-state index contributed by atoms with van der Waals surface area (Å²) in [6.07, 6.45) is 3.93. The first-order valence-electron chi connectivity index (χ1n) is 7.01. The Kier molecular flexibility index (Phi) is 6.81. The van der Waals surface area contributed by atoms with Gasteiger partial charge in [-0.3, -0.25) is 0 Å². The van der Waals surface area contributed by atoms with Crippen molar-refractivity contribution in [1.29, 1.82) is 0 Å². The lowest BCUT2D eigenvalue weighted by Gasteiger charge is -2.12. The fourth-order valence-electron chi connectivity index (χ4n) is 1.94. The summed E-state index contributed by atoms with van der Waals surface area (Å²) in [6, 6.07) is 8.22. The van der Waals surface area contributed by atoms with Gasteiger partial charge in [-0.25, -0.2) is 0 Å². The molecule has 1 rings (SSSR count). The normalized spacial score (nSPS) is 14.2. The van der Waals surface area contributed by atoms with Crippen LogP contribution in [0.3, 0.4) is 0 Å². The van der Waals surface area contributed by atoms with Crippen molar-refractivity contribution in [2.24, 2.45) is 5.92 Å². The highest BCUT2D eigenvalue weighted by molar-refractivity contribution is 5.27. The Bertz CT molecular complexity index is 316. The van der Waals surface area contributed by atoms with E-state index < -0.39 is 0 Å². The van der Waals surface area contributed by atoms with E-state index in [2.05, 4.69) is 26.0 Å². The summed E-state index contributed by atoms with van der Waals surface area (Å²) in [5, 5.41) is 9.24. The molecule has 0 spiro atoms. The first-order valence-corrected chi connectivity index (χ1v) is 7.01. The summed E-state index contributed by atoms with van der Waals surface area (Å²) in [6.45, 7) is 7.04. The van der Waals surface area contributed by atoms with Crippen LogP contribution in [0.2, 0.25) is 0 Å². The summed E-state index contributed by atoms with van der Waals surface area (Å²) in [5.41, 5.74) is 1.25. The van der Waals surface area contributed by atoms with Crippen molar-refractivity contribution in [3.63, 3.8) is 0 Å². The van der Waals surface area contributed by atoms with E-state index in [1.807, 2.05) is 19.1 Å². The van der Waals surface area contributed by atoms with E-state index in [1.54, 1.807) is 0 Å². The van der Waals surface area contributed by atoms with Crippen LogP contribution in [0.5, 0.6) is 5.75 Å². The van der Waals surface area contributed by atoms with Gasteiger partial charge in [0.15, 0.2) is 0 Å². The second kappa shape index (κ2) is 8.15. The van der Waals surface area contributed by atoms with E-state index in [4.69, 9.17) is 4.74 Å². The third-order valence-corrected chi connectivity index (χ3v) is 3.09. The molecule has 1 aromatic rings. The van der Waals surface area contributed by atoms with Gasteiger partial charge in [0.2, 0.25) is 0 Å². The van der Waals surface area contributed by atoms with Crippen LogP contribution in [0, 0.1) is 5.92 Å². The largest absolute Gasteiger partial charge is 0.493 e. The average Bonchev–Trinajstić information content (AvgIpc) is 2.35. The zero-order valence-corrected chi connectivity index (χ0v) is 11.9. The molecule has 0 saturated heterocycles. The zero-order chi connectivity index (χ0) is 13.4. The van der Waals surface area contributed by atoms with Gasteiger partial charge in [-0.1, -0.05) is 32.4 Å². The Balaban J connectivity index is 2.35. The van der Waals surface area contributed by atoms with Gasteiger partial charge in [-0.2, -0.15) is 0 Å². The number of aliphatic hydroxyl groups excluding tert-OH is 1. The molecule has 1 aromatic carbocycles. The monoisotopic (exact) mass is 250 g/mol. The van der Waals surface area contributed by atoms with Crippen molar-refractivity contribution in [3.05, 3.63) is 29.8 Å². The molecular formula is C16H26O2. The van der Waals surface area contributed by atoms with Crippen LogP contribution in [0.25, 0.3) is 0 Å². The zero-order valence-electron chi connectivity index (χ0n) is 11.9. The Hall–Kier alpha value is -1.02. The fraction of sp³-hybridized carbons (Fsp3) is 0.625. The molecular weight excluding hydrogens is 224 g/mol. The van der Waals surface area contributed by atoms with Gasteiger partial charge < -0.3 is 9.84 Å². The highest BCUT2D eigenvalue weighted by atomic mass is 16.5. The third kappa shape index (κ3) is 6.06. The minimum absolute atomic E-state index is 0.226. The number of rotatable bonds is 8. The van der Waals surface area contributed by atoms with Gasteiger partial charge in [0.05, 0.1) is 12.7 Å².